The standard InChI is InChI=1S/C16H25NSSi/c1-13-8-5-6-11-16(13)17-14-9-7-10-15(12-14)18-19(2,3)4/h5-6,8,11,15H,7,9-10,12H2,1-4H3. The summed E-state index contributed by atoms with van der Waals surface area (Å²) in [6, 6.07) is 8.46. The van der Waals surface area contributed by atoms with Gasteiger partial charge in [-0.3, -0.25) is 4.99 Å². The summed E-state index contributed by atoms with van der Waals surface area (Å²) in [7, 11) is -1.02. The minimum absolute atomic E-state index is 0.809. The minimum Gasteiger partial charge on any atom is -0.258 e. The van der Waals surface area contributed by atoms with Crippen LogP contribution in [0.4, 0.5) is 5.69 Å². The Morgan fingerprint density at radius 2 is 1.95 bits per heavy atom. The first-order valence-corrected chi connectivity index (χ1v) is 12.3. The average Bonchev–Trinajstić information content (AvgIpc) is 2.30. The van der Waals surface area contributed by atoms with Gasteiger partial charge in [-0.05, 0) is 44.2 Å². The molecule has 1 nitrogen and oxygen atoms in total. The van der Waals surface area contributed by atoms with Crippen molar-refractivity contribution in [1.29, 1.82) is 0 Å². The van der Waals surface area contributed by atoms with Gasteiger partial charge < -0.3 is 0 Å². The molecule has 2 rings (SSSR count). The SMILES string of the molecule is Cc1ccccc1N=C1CCCC(S[Si](C)(C)C)C1. The van der Waals surface area contributed by atoms with Gasteiger partial charge in [0.15, 0.2) is 0 Å². The van der Waals surface area contributed by atoms with Crippen LogP contribution in [0.15, 0.2) is 29.3 Å². The van der Waals surface area contributed by atoms with Crippen LogP contribution < -0.4 is 0 Å². The molecule has 1 aromatic rings. The number of aryl methyl sites for hydroxylation is 1. The molecule has 0 saturated heterocycles. The van der Waals surface area contributed by atoms with E-state index in [0.29, 0.717) is 0 Å². The van der Waals surface area contributed by atoms with Crippen molar-refractivity contribution in [3.05, 3.63) is 29.8 Å². The van der Waals surface area contributed by atoms with Crippen molar-refractivity contribution < 1.29 is 0 Å². The molecule has 0 aliphatic heterocycles. The number of aliphatic imine (C=N–C) groups is 1. The monoisotopic (exact) mass is 291 g/mol. The molecule has 19 heavy (non-hydrogen) atoms. The summed E-state index contributed by atoms with van der Waals surface area (Å²) in [5, 5.41) is 0.809. The second kappa shape index (κ2) is 6.27. The number of para-hydroxylation sites is 1. The molecule has 1 aliphatic carbocycles. The molecular weight excluding hydrogens is 266 g/mol. The molecule has 0 bridgehead atoms. The molecule has 1 atom stereocenters. The average molecular weight is 292 g/mol. The molecule has 0 spiro atoms. The van der Waals surface area contributed by atoms with E-state index in [0.717, 1.165) is 10.9 Å². The van der Waals surface area contributed by atoms with Gasteiger partial charge >= 0.3 is 0 Å². The summed E-state index contributed by atoms with van der Waals surface area (Å²) < 4.78 is 0. The lowest BCUT2D eigenvalue weighted by atomic mass is 9.97. The van der Waals surface area contributed by atoms with Crippen LogP contribution >= 0.6 is 11.2 Å². The van der Waals surface area contributed by atoms with Crippen molar-refractivity contribution >= 4 is 29.8 Å². The van der Waals surface area contributed by atoms with E-state index in [1.807, 2.05) is 0 Å². The quantitative estimate of drug-likeness (QED) is 0.662. The summed E-state index contributed by atoms with van der Waals surface area (Å²) in [4.78, 5) is 4.92. The second-order valence-electron chi connectivity index (χ2n) is 6.41. The second-order valence-corrected chi connectivity index (χ2v) is 15.9. The maximum atomic E-state index is 4.92. The summed E-state index contributed by atoms with van der Waals surface area (Å²) in [6.45, 7) is 9.50. The van der Waals surface area contributed by atoms with Crippen molar-refractivity contribution in [2.75, 3.05) is 0 Å². The van der Waals surface area contributed by atoms with E-state index in [2.05, 4.69) is 62.0 Å². The van der Waals surface area contributed by atoms with Crippen molar-refractivity contribution in [3.63, 3.8) is 0 Å². The summed E-state index contributed by atoms with van der Waals surface area (Å²) in [5.41, 5.74) is 3.86. The van der Waals surface area contributed by atoms with Crippen LogP contribution in [0.1, 0.15) is 31.2 Å². The number of hydrogen-bond donors (Lipinski definition) is 0. The van der Waals surface area contributed by atoms with E-state index in [1.165, 1.54) is 37.0 Å². The number of rotatable bonds is 3. The van der Waals surface area contributed by atoms with Crippen LogP contribution in [0, 0.1) is 6.92 Å². The summed E-state index contributed by atoms with van der Waals surface area (Å²) in [6.07, 6.45) is 5.08. The maximum absolute atomic E-state index is 4.92. The highest BCUT2D eigenvalue weighted by Crippen LogP contribution is 2.34. The first kappa shape index (κ1) is 14.9. The van der Waals surface area contributed by atoms with Gasteiger partial charge in [0.25, 0.3) is 0 Å². The normalized spacial score (nSPS) is 22.7. The third kappa shape index (κ3) is 4.81. The zero-order valence-electron chi connectivity index (χ0n) is 12.6. The van der Waals surface area contributed by atoms with Crippen molar-refractivity contribution in [1.82, 2.24) is 0 Å². The van der Waals surface area contributed by atoms with Gasteiger partial charge in [-0.25, -0.2) is 0 Å². The summed E-state index contributed by atoms with van der Waals surface area (Å²) in [5.74, 6) is 0. The highest BCUT2D eigenvalue weighted by Gasteiger charge is 2.25. The third-order valence-electron chi connectivity index (χ3n) is 3.37. The Hall–Kier alpha value is -0.543. The number of hydrogen-bond acceptors (Lipinski definition) is 2. The Morgan fingerprint density at radius 3 is 2.63 bits per heavy atom. The molecule has 0 heterocycles. The van der Waals surface area contributed by atoms with Crippen LogP contribution in [-0.2, 0) is 0 Å². The highest BCUT2D eigenvalue weighted by atomic mass is 32.4. The van der Waals surface area contributed by atoms with Gasteiger partial charge in [-0.15, -0.1) is 0 Å². The van der Waals surface area contributed by atoms with Crippen molar-refractivity contribution in [3.8, 4) is 0 Å². The molecule has 1 saturated carbocycles. The Bertz CT molecular complexity index is 462. The molecule has 1 fully saturated rings. The van der Waals surface area contributed by atoms with Crippen LogP contribution in [0.3, 0.4) is 0 Å². The van der Waals surface area contributed by atoms with Crippen LogP contribution in [0.2, 0.25) is 19.6 Å². The fourth-order valence-corrected chi connectivity index (χ4v) is 7.73. The lowest BCUT2D eigenvalue weighted by Gasteiger charge is -2.28. The Balaban J connectivity index is 2.07. The van der Waals surface area contributed by atoms with Gasteiger partial charge in [0.1, 0.15) is 7.22 Å². The molecule has 0 N–H and O–H groups in total. The van der Waals surface area contributed by atoms with Crippen molar-refractivity contribution in [2.45, 2.75) is 57.5 Å². The van der Waals surface area contributed by atoms with Gasteiger partial charge in [0, 0.05) is 11.0 Å². The van der Waals surface area contributed by atoms with Gasteiger partial charge in [0.2, 0.25) is 0 Å². The maximum Gasteiger partial charge on any atom is 0.108 e. The zero-order chi connectivity index (χ0) is 13.9. The van der Waals surface area contributed by atoms with E-state index < -0.39 is 7.22 Å². The molecule has 1 aliphatic rings. The Morgan fingerprint density at radius 1 is 1.21 bits per heavy atom. The third-order valence-corrected chi connectivity index (χ3v) is 7.93. The highest BCUT2D eigenvalue weighted by molar-refractivity contribution is 8.29. The smallest absolute Gasteiger partial charge is 0.108 e. The Kier molecular flexibility index (Phi) is 4.90. The molecule has 0 aromatic heterocycles. The first-order valence-electron chi connectivity index (χ1n) is 7.24. The summed E-state index contributed by atoms with van der Waals surface area (Å²) >= 11 is 2.25. The number of nitrogens with zero attached hydrogens (tertiary/aromatic N) is 1. The topological polar surface area (TPSA) is 12.4 Å². The van der Waals surface area contributed by atoms with Crippen LogP contribution in [0.25, 0.3) is 0 Å². The molecule has 0 amide bonds. The van der Waals surface area contributed by atoms with Gasteiger partial charge in [0.05, 0.1) is 5.69 Å². The van der Waals surface area contributed by atoms with Crippen LogP contribution in [-0.4, -0.2) is 18.2 Å². The van der Waals surface area contributed by atoms with Gasteiger partial charge in [-0.2, -0.15) is 11.2 Å². The van der Waals surface area contributed by atoms with E-state index in [-0.39, 0.29) is 0 Å². The van der Waals surface area contributed by atoms with E-state index in [9.17, 15) is 0 Å². The molecule has 1 unspecified atom stereocenters. The number of benzene rings is 1. The fraction of sp³-hybridized carbons (Fsp3) is 0.562. The van der Waals surface area contributed by atoms with E-state index >= 15 is 0 Å². The molecule has 0 radical (unpaired) electrons. The fourth-order valence-electron chi connectivity index (χ4n) is 2.56. The Labute approximate surface area is 122 Å². The van der Waals surface area contributed by atoms with Crippen LogP contribution in [0.5, 0.6) is 0 Å². The molecule has 104 valence electrons. The van der Waals surface area contributed by atoms with E-state index in [1.54, 1.807) is 0 Å². The predicted octanol–water partition coefficient (Wildman–Crippen LogP) is 5.58. The minimum atomic E-state index is -1.02. The molecule has 1 aromatic carbocycles. The van der Waals surface area contributed by atoms with Gasteiger partial charge in [-0.1, -0.05) is 37.8 Å². The largest absolute Gasteiger partial charge is 0.258 e. The van der Waals surface area contributed by atoms with E-state index in [4.69, 9.17) is 4.99 Å². The first-order chi connectivity index (χ1) is 8.94. The molecule has 3 heteroatoms. The lowest BCUT2D eigenvalue weighted by Crippen LogP contribution is -2.25. The lowest BCUT2D eigenvalue weighted by molar-refractivity contribution is 0.683. The zero-order valence-corrected chi connectivity index (χ0v) is 14.4. The van der Waals surface area contributed by atoms with Crippen molar-refractivity contribution in [2.24, 2.45) is 4.99 Å². The molecular formula is C16H25NSSi. The predicted molar refractivity (Wildman–Crippen MR) is 91.5 cm³/mol.